The molecule has 1 N–H and O–H groups in total. The van der Waals surface area contributed by atoms with E-state index in [1.54, 1.807) is 21.6 Å². The van der Waals surface area contributed by atoms with Crippen LogP contribution < -0.4 is 15.8 Å². The summed E-state index contributed by atoms with van der Waals surface area (Å²) in [5, 5.41) is 4.20. The highest BCUT2D eigenvalue weighted by atomic mass is 19.1. The Bertz CT molecular complexity index is 1220. The summed E-state index contributed by atoms with van der Waals surface area (Å²) in [4.78, 5) is 26.3. The van der Waals surface area contributed by atoms with Crippen molar-refractivity contribution in [3.05, 3.63) is 75.8 Å². The van der Waals surface area contributed by atoms with Crippen LogP contribution in [0.2, 0.25) is 0 Å². The highest BCUT2D eigenvalue weighted by Crippen LogP contribution is 2.34. The minimum absolute atomic E-state index is 0.114. The second-order valence-electron chi connectivity index (χ2n) is 8.57. The average Bonchev–Trinajstić information content (AvgIpc) is 3.36. The molecular weight excluding hydrogens is 409 g/mol. The molecule has 2 atom stereocenters. The number of ether oxygens (including phenoxy) is 1. The normalized spacial score (nSPS) is 19.7. The molecule has 0 saturated carbocycles. The van der Waals surface area contributed by atoms with Crippen LogP contribution >= 0.6 is 0 Å². The van der Waals surface area contributed by atoms with Gasteiger partial charge in [0.05, 0.1) is 12.1 Å². The highest BCUT2D eigenvalue weighted by Gasteiger charge is 2.33. The van der Waals surface area contributed by atoms with Gasteiger partial charge in [-0.3, -0.25) is 9.69 Å². The number of aromatic nitrogens is 1. The van der Waals surface area contributed by atoms with Gasteiger partial charge in [0.1, 0.15) is 11.9 Å². The fraction of sp³-hybridized carbons (Fsp3) is 0.360. The van der Waals surface area contributed by atoms with Crippen molar-refractivity contribution < 1.29 is 13.9 Å². The number of cyclic esters (lactones) is 1. The molecule has 1 saturated heterocycles. The predicted molar refractivity (Wildman–Crippen MR) is 122 cm³/mol. The molecule has 3 heterocycles. The van der Waals surface area contributed by atoms with E-state index < -0.39 is 0 Å². The lowest BCUT2D eigenvalue weighted by atomic mass is 9.99. The van der Waals surface area contributed by atoms with E-state index in [1.165, 1.54) is 17.7 Å². The monoisotopic (exact) mass is 435 g/mol. The summed E-state index contributed by atoms with van der Waals surface area (Å²) in [6.45, 7) is 4.01. The first-order chi connectivity index (χ1) is 15.5. The largest absolute Gasteiger partial charge is 0.443 e. The molecule has 6 nitrogen and oxygen atoms in total. The molecule has 32 heavy (non-hydrogen) atoms. The van der Waals surface area contributed by atoms with Crippen molar-refractivity contribution >= 4 is 22.7 Å². The second-order valence-corrected chi connectivity index (χ2v) is 8.57. The van der Waals surface area contributed by atoms with E-state index in [9.17, 15) is 14.0 Å². The van der Waals surface area contributed by atoms with E-state index in [4.69, 9.17) is 4.74 Å². The van der Waals surface area contributed by atoms with Gasteiger partial charge in [-0.1, -0.05) is 25.5 Å². The Kier molecular flexibility index (Phi) is 5.43. The van der Waals surface area contributed by atoms with Gasteiger partial charge < -0.3 is 14.6 Å². The Morgan fingerprint density at radius 3 is 2.59 bits per heavy atom. The van der Waals surface area contributed by atoms with Gasteiger partial charge in [0, 0.05) is 42.9 Å². The number of nitrogens with zero attached hydrogens (tertiary/aromatic N) is 2. The fourth-order valence-electron chi connectivity index (χ4n) is 4.83. The van der Waals surface area contributed by atoms with E-state index in [-0.39, 0.29) is 29.5 Å². The van der Waals surface area contributed by atoms with Crippen molar-refractivity contribution in [2.24, 2.45) is 0 Å². The van der Waals surface area contributed by atoms with E-state index in [1.807, 2.05) is 24.3 Å². The van der Waals surface area contributed by atoms with Gasteiger partial charge in [0.15, 0.2) is 0 Å². The first kappa shape index (κ1) is 20.7. The topological polar surface area (TPSA) is 63.6 Å². The first-order valence-electron chi connectivity index (χ1n) is 11.1. The number of hydrogen-bond acceptors (Lipinski definition) is 4. The quantitative estimate of drug-likeness (QED) is 0.613. The molecule has 1 aromatic heterocycles. The van der Waals surface area contributed by atoms with Gasteiger partial charge in [-0.2, -0.15) is 0 Å². The van der Waals surface area contributed by atoms with Crippen LogP contribution in [-0.4, -0.2) is 36.4 Å². The van der Waals surface area contributed by atoms with Gasteiger partial charge >= 0.3 is 6.09 Å². The van der Waals surface area contributed by atoms with Crippen molar-refractivity contribution in [3.63, 3.8) is 0 Å². The van der Waals surface area contributed by atoms with E-state index in [0.29, 0.717) is 37.3 Å². The molecule has 0 unspecified atom stereocenters. The number of rotatable bonds is 7. The molecule has 166 valence electrons. The van der Waals surface area contributed by atoms with Crippen LogP contribution in [0.3, 0.4) is 0 Å². The van der Waals surface area contributed by atoms with Crippen molar-refractivity contribution in [1.29, 1.82) is 0 Å². The molecule has 2 aromatic carbocycles. The lowest BCUT2D eigenvalue weighted by Gasteiger charge is -2.15. The van der Waals surface area contributed by atoms with Crippen molar-refractivity contribution in [2.75, 3.05) is 24.5 Å². The SMILES string of the molecule is CCCc1ccc(N2C[C@@H](CNC[C@@H]3Cn4c(=O)ccc5ccc(F)c3c54)OC2=O)cc1. The molecule has 0 bridgehead atoms. The molecule has 0 radical (unpaired) electrons. The third-order valence-corrected chi connectivity index (χ3v) is 6.37. The number of amides is 1. The molecule has 3 aromatic rings. The molecule has 5 rings (SSSR count). The number of benzene rings is 2. The summed E-state index contributed by atoms with van der Waals surface area (Å²) in [5.41, 5.74) is 3.24. The van der Waals surface area contributed by atoms with Crippen LogP contribution in [0.15, 0.2) is 53.3 Å². The van der Waals surface area contributed by atoms with E-state index >= 15 is 0 Å². The maximum absolute atomic E-state index is 14.6. The minimum atomic E-state index is -0.351. The molecule has 0 aliphatic carbocycles. The Labute approximate surface area is 185 Å². The van der Waals surface area contributed by atoms with Crippen LogP contribution in [0.25, 0.3) is 10.9 Å². The van der Waals surface area contributed by atoms with E-state index in [0.717, 1.165) is 23.9 Å². The molecular formula is C25H26FN3O3. The summed E-state index contributed by atoms with van der Waals surface area (Å²) in [5.74, 6) is -0.431. The number of halogens is 1. The zero-order chi connectivity index (χ0) is 22.2. The smallest absolute Gasteiger partial charge is 0.414 e. The van der Waals surface area contributed by atoms with Crippen molar-refractivity contribution in [2.45, 2.75) is 38.3 Å². The number of pyridine rings is 1. The molecule has 2 aliphatic heterocycles. The number of carbonyl (C=O) groups is 1. The van der Waals surface area contributed by atoms with E-state index in [2.05, 4.69) is 12.2 Å². The Hall–Kier alpha value is -3.19. The van der Waals surface area contributed by atoms with Gasteiger partial charge in [0.25, 0.3) is 5.56 Å². The van der Waals surface area contributed by atoms with Crippen LogP contribution in [0, 0.1) is 5.82 Å². The summed E-state index contributed by atoms with van der Waals surface area (Å²) < 4.78 is 21.8. The lowest BCUT2D eigenvalue weighted by Crippen LogP contribution is -2.33. The number of aryl methyl sites for hydroxylation is 1. The molecule has 2 aliphatic rings. The third kappa shape index (κ3) is 3.66. The Morgan fingerprint density at radius 2 is 1.81 bits per heavy atom. The highest BCUT2D eigenvalue weighted by molar-refractivity contribution is 5.89. The fourth-order valence-corrected chi connectivity index (χ4v) is 4.83. The number of carbonyl (C=O) groups excluding carboxylic acids is 1. The van der Waals surface area contributed by atoms with Crippen LogP contribution in [0.4, 0.5) is 14.9 Å². The van der Waals surface area contributed by atoms with Gasteiger partial charge in [0.2, 0.25) is 0 Å². The number of anilines is 1. The Morgan fingerprint density at radius 1 is 1.03 bits per heavy atom. The van der Waals surface area contributed by atoms with Crippen molar-refractivity contribution in [1.82, 2.24) is 9.88 Å². The maximum atomic E-state index is 14.6. The number of hydrogen-bond donors (Lipinski definition) is 1. The number of nitrogens with one attached hydrogen (secondary N) is 1. The van der Waals surface area contributed by atoms with Gasteiger partial charge in [-0.25, -0.2) is 9.18 Å². The summed E-state index contributed by atoms with van der Waals surface area (Å²) >= 11 is 0. The molecule has 1 fully saturated rings. The zero-order valence-electron chi connectivity index (χ0n) is 18.0. The minimum Gasteiger partial charge on any atom is -0.443 e. The lowest BCUT2D eigenvalue weighted by molar-refractivity contribution is 0.140. The second kappa shape index (κ2) is 8.39. The summed E-state index contributed by atoms with van der Waals surface area (Å²) in [7, 11) is 0. The van der Waals surface area contributed by atoms with Crippen LogP contribution in [-0.2, 0) is 17.7 Å². The van der Waals surface area contributed by atoms with Gasteiger partial charge in [-0.05, 0) is 47.7 Å². The Balaban J connectivity index is 1.22. The summed E-state index contributed by atoms with van der Waals surface area (Å²) in [6.07, 6.45) is 1.46. The molecule has 7 heteroatoms. The maximum Gasteiger partial charge on any atom is 0.414 e. The molecule has 1 amide bonds. The van der Waals surface area contributed by atoms with Crippen LogP contribution in [0.5, 0.6) is 0 Å². The summed E-state index contributed by atoms with van der Waals surface area (Å²) in [6, 6.07) is 14.5. The predicted octanol–water partition coefficient (Wildman–Crippen LogP) is 3.81. The zero-order valence-corrected chi connectivity index (χ0v) is 18.0. The standard InChI is InChI=1S/C25H26FN3O3/c1-2-3-16-4-8-19(9-5-16)28-15-20(32-25(28)31)13-27-12-18-14-29-22(30)11-7-17-6-10-21(26)23(18)24(17)29/h4-11,18,20,27H,2-3,12-15H2,1H3/t18-,20-/m1/s1. The first-order valence-corrected chi connectivity index (χ1v) is 11.1. The molecule has 0 spiro atoms. The van der Waals surface area contributed by atoms with Crippen molar-refractivity contribution in [3.8, 4) is 0 Å². The third-order valence-electron chi connectivity index (χ3n) is 6.37. The average molecular weight is 435 g/mol. The van der Waals surface area contributed by atoms with Crippen LogP contribution in [0.1, 0.15) is 30.4 Å². The van der Waals surface area contributed by atoms with Gasteiger partial charge in [-0.15, -0.1) is 0 Å².